The van der Waals surface area contributed by atoms with E-state index in [1.807, 2.05) is 13.1 Å². The van der Waals surface area contributed by atoms with Crippen molar-refractivity contribution < 1.29 is 23.9 Å². The summed E-state index contributed by atoms with van der Waals surface area (Å²) in [5.74, 6) is -1.02. The summed E-state index contributed by atoms with van der Waals surface area (Å²) in [5, 5.41) is 9.54. The molecule has 1 aliphatic rings. The van der Waals surface area contributed by atoms with Gasteiger partial charge in [-0.1, -0.05) is 33.4 Å². The van der Waals surface area contributed by atoms with E-state index in [0.717, 1.165) is 6.42 Å². The fourth-order valence-corrected chi connectivity index (χ4v) is 3.58. The van der Waals surface area contributed by atoms with Gasteiger partial charge in [-0.2, -0.15) is 0 Å². The molecular formula is C16H29NO5Si. The molecule has 1 unspecified atom stereocenters. The number of rotatable bonds is 6. The Balaban J connectivity index is 2.94. The van der Waals surface area contributed by atoms with Crippen LogP contribution >= 0.6 is 0 Å². The molecule has 1 fully saturated rings. The topological polar surface area (TPSA) is 76.1 Å². The molecule has 0 aliphatic carbocycles. The highest BCUT2D eigenvalue weighted by Crippen LogP contribution is 2.38. The van der Waals surface area contributed by atoms with Gasteiger partial charge in [-0.15, -0.1) is 0 Å². The molecule has 0 radical (unpaired) electrons. The number of carbonyl (C=O) groups is 2. The zero-order valence-corrected chi connectivity index (χ0v) is 15.8. The lowest BCUT2D eigenvalue weighted by molar-refractivity contribution is -0.148. The van der Waals surface area contributed by atoms with Crippen LogP contribution in [0.3, 0.4) is 0 Å². The number of carbonyl (C=O) groups excluding carboxylic acids is 1. The van der Waals surface area contributed by atoms with E-state index in [9.17, 15) is 14.7 Å². The lowest BCUT2D eigenvalue weighted by atomic mass is 10.1. The van der Waals surface area contributed by atoms with Gasteiger partial charge in [0.25, 0.3) is 0 Å². The van der Waals surface area contributed by atoms with Gasteiger partial charge in [0, 0.05) is 6.54 Å². The second kappa shape index (κ2) is 7.48. The van der Waals surface area contributed by atoms with Gasteiger partial charge in [0.15, 0.2) is 14.4 Å². The Morgan fingerprint density at radius 1 is 1.43 bits per heavy atom. The van der Waals surface area contributed by atoms with Crippen LogP contribution in [0.15, 0.2) is 12.7 Å². The molecule has 0 saturated carbocycles. The number of carboxylic acid groups (broad SMARTS) is 1. The molecule has 0 aromatic heterocycles. The monoisotopic (exact) mass is 343 g/mol. The highest BCUT2D eigenvalue weighted by atomic mass is 28.4. The molecule has 0 spiro atoms. The third-order valence-electron chi connectivity index (χ3n) is 4.68. The summed E-state index contributed by atoms with van der Waals surface area (Å²) in [6.45, 7) is 14.3. The second-order valence-electron chi connectivity index (χ2n) is 7.41. The Morgan fingerprint density at radius 2 is 2.04 bits per heavy atom. The highest BCUT2D eigenvalue weighted by molar-refractivity contribution is 6.74. The average Bonchev–Trinajstić information content (AvgIpc) is 2.89. The van der Waals surface area contributed by atoms with Gasteiger partial charge in [-0.05, 0) is 31.0 Å². The summed E-state index contributed by atoms with van der Waals surface area (Å²) in [6, 6.07) is -0.487. The van der Waals surface area contributed by atoms with Gasteiger partial charge in [-0.3, -0.25) is 0 Å². The summed E-state index contributed by atoms with van der Waals surface area (Å²) >= 11 is 0. The largest absolute Gasteiger partial charge is 0.479 e. The van der Waals surface area contributed by atoms with E-state index < -0.39 is 32.5 Å². The van der Waals surface area contributed by atoms with Crippen molar-refractivity contribution in [3.05, 3.63) is 12.7 Å². The molecule has 0 aromatic rings. The first-order chi connectivity index (χ1) is 10.5. The zero-order chi connectivity index (χ0) is 17.8. The number of amides is 1. The second-order valence-corrected chi connectivity index (χ2v) is 12.2. The first-order valence-electron chi connectivity index (χ1n) is 7.96. The van der Waals surface area contributed by atoms with Gasteiger partial charge in [0.2, 0.25) is 0 Å². The molecule has 1 saturated heterocycles. The number of likely N-dealkylation sites (tertiary alicyclic amines) is 1. The molecule has 1 heterocycles. The third-order valence-corrected chi connectivity index (χ3v) is 9.13. The molecule has 23 heavy (non-hydrogen) atoms. The fourth-order valence-electron chi connectivity index (χ4n) is 2.33. The van der Waals surface area contributed by atoms with Crippen molar-refractivity contribution in [3.8, 4) is 0 Å². The van der Waals surface area contributed by atoms with Crippen LogP contribution in [0, 0.1) is 0 Å². The maximum atomic E-state index is 12.1. The third kappa shape index (κ3) is 4.81. The molecular weight excluding hydrogens is 314 g/mol. The van der Waals surface area contributed by atoms with Crippen LogP contribution in [-0.4, -0.2) is 55.7 Å². The lowest BCUT2D eigenvalue weighted by Crippen LogP contribution is -2.54. The Kier molecular flexibility index (Phi) is 6.41. The Labute approximate surface area is 139 Å². The van der Waals surface area contributed by atoms with Crippen LogP contribution in [0.1, 0.15) is 33.6 Å². The van der Waals surface area contributed by atoms with Gasteiger partial charge in [0.05, 0.1) is 6.04 Å². The van der Waals surface area contributed by atoms with E-state index in [-0.39, 0.29) is 11.6 Å². The van der Waals surface area contributed by atoms with Crippen molar-refractivity contribution in [3.63, 3.8) is 0 Å². The Bertz CT molecular complexity index is 458. The summed E-state index contributed by atoms with van der Waals surface area (Å²) in [7, 11) is -2.26. The van der Waals surface area contributed by atoms with Crippen molar-refractivity contribution in [2.45, 2.75) is 63.9 Å². The standard InChI is InChI=1S/C16H29NO5Si/c1-7-11-21-15(20)17-10-8-9-12(17)13(14(18)19)22-23(5,6)16(2,3)4/h7,12-13H,1,8-11H2,2-6H3,(H,18,19)/t12-,13?/m0/s1. The van der Waals surface area contributed by atoms with E-state index in [1.54, 1.807) is 0 Å². The number of carboxylic acids is 1. The number of ether oxygens (including phenoxy) is 1. The Hall–Kier alpha value is -1.34. The predicted molar refractivity (Wildman–Crippen MR) is 91.0 cm³/mol. The van der Waals surface area contributed by atoms with E-state index in [2.05, 4.69) is 27.4 Å². The minimum absolute atomic E-state index is 0.104. The molecule has 1 rings (SSSR count). The molecule has 0 bridgehead atoms. The number of hydrogen-bond donors (Lipinski definition) is 1. The van der Waals surface area contributed by atoms with E-state index in [0.29, 0.717) is 13.0 Å². The molecule has 7 heteroatoms. The van der Waals surface area contributed by atoms with E-state index in [4.69, 9.17) is 9.16 Å². The summed E-state index contributed by atoms with van der Waals surface area (Å²) in [5.41, 5.74) is 0. The van der Waals surface area contributed by atoms with Crippen molar-refractivity contribution >= 4 is 20.4 Å². The molecule has 0 aromatic carbocycles. The molecule has 132 valence electrons. The summed E-state index contributed by atoms with van der Waals surface area (Å²) in [6.07, 6.45) is 1.32. The number of hydrogen-bond acceptors (Lipinski definition) is 4. The molecule has 1 N–H and O–H groups in total. The summed E-state index contributed by atoms with van der Waals surface area (Å²) < 4.78 is 11.2. The van der Waals surface area contributed by atoms with Gasteiger partial charge in [0.1, 0.15) is 6.61 Å². The van der Waals surface area contributed by atoms with Crippen LogP contribution in [0.4, 0.5) is 4.79 Å². The SMILES string of the molecule is C=CCOC(=O)N1CCC[C@H]1C(O[Si](C)(C)C(C)(C)C)C(=O)O. The van der Waals surface area contributed by atoms with Gasteiger partial charge >= 0.3 is 12.1 Å². The van der Waals surface area contributed by atoms with Crippen molar-refractivity contribution in [1.82, 2.24) is 4.90 Å². The minimum atomic E-state index is -2.26. The average molecular weight is 343 g/mol. The maximum Gasteiger partial charge on any atom is 0.410 e. The van der Waals surface area contributed by atoms with Crippen LogP contribution in [0.25, 0.3) is 0 Å². The van der Waals surface area contributed by atoms with Gasteiger partial charge < -0.3 is 19.2 Å². The molecule has 6 nitrogen and oxygen atoms in total. The molecule has 2 atom stereocenters. The van der Waals surface area contributed by atoms with Crippen LogP contribution in [0.5, 0.6) is 0 Å². The van der Waals surface area contributed by atoms with Gasteiger partial charge in [-0.25, -0.2) is 9.59 Å². The predicted octanol–water partition coefficient (Wildman–Crippen LogP) is 3.25. The zero-order valence-electron chi connectivity index (χ0n) is 14.8. The lowest BCUT2D eigenvalue weighted by Gasteiger charge is -2.40. The molecule has 1 amide bonds. The Morgan fingerprint density at radius 3 is 2.52 bits per heavy atom. The van der Waals surface area contributed by atoms with Crippen LogP contribution in [-0.2, 0) is 14.0 Å². The van der Waals surface area contributed by atoms with E-state index >= 15 is 0 Å². The number of aliphatic carboxylic acids is 1. The van der Waals surface area contributed by atoms with E-state index in [1.165, 1.54) is 11.0 Å². The first kappa shape index (κ1) is 19.7. The fraction of sp³-hybridized carbons (Fsp3) is 0.750. The van der Waals surface area contributed by atoms with Crippen molar-refractivity contribution in [1.29, 1.82) is 0 Å². The smallest absolute Gasteiger partial charge is 0.410 e. The maximum absolute atomic E-state index is 12.1. The minimum Gasteiger partial charge on any atom is -0.479 e. The van der Waals surface area contributed by atoms with Crippen LogP contribution in [0.2, 0.25) is 18.1 Å². The molecule has 1 aliphatic heterocycles. The first-order valence-corrected chi connectivity index (χ1v) is 10.9. The van der Waals surface area contributed by atoms with Crippen molar-refractivity contribution in [2.24, 2.45) is 0 Å². The quantitative estimate of drug-likeness (QED) is 0.592. The number of nitrogens with zero attached hydrogens (tertiary/aromatic N) is 1. The highest BCUT2D eigenvalue weighted by Gasteiger charge is 2.46. The van der Waals surface area contributed by atoms with Crippen molar-refractivity contribution in [2.75, 3.05) is 13.2 Å². The normalized spacial score (nSPS) is 20.2. The summed E-state index contributed by atoms with van der Waals surface area (Å²) in [4.78, 5) is 25.4. The van der Waals surface area contributed by atoms with Crippen LogP contribution < -0.4 is 0 Å².